The first-order valence-electron chi connectivity index (χ1n) is 13.6. The SMILES string of the molecule is CC(C)(C)OC(=O)NC(CCN(CCCCc1ccc2c(n1)NCCC2)CCN1CCCC1=O)C(=O)O. The van der Waals surface area contributed by atoms with E-state index in [9.17, 15) is 19.5 Å². The van der Waals surface area contributed by atoms with Gasteiger partial charge in [0.05, 0.1) is 0 Å². The molecule has 3 N–H and O–H groups in total. The summed E-state index contributed by atoms with van der Waals surface area (Å²) in [5.41, 5.74) is 1.66. The Kier molecular flexibility index (Phi) is 10.5. The maximum Gasteiger partial charge on any atom is 0.408 e. The summed E-state index contributed by atoms with van der Waals surface area (Å²) in [6.45, 7) is 9.54. The van der Waals surface area contributed by atoms with Crippen molar-refractivity contribution >= 4 is 23.8 Å². The van der Waals surface area contributed by atoms with Crippen LogP contribution in [0.1, 0.15) is 70.6 Å². The smallest absolute Gasteiger partial charge is 0.408 e. The highest BCUT2D eigenvalue weighted by Crippen LogP contribution is 2.20. The third-order valence-electron chi connectivity index (χ3n) is 6.69. The highest BCUT2D eigenvalue weighted by molar-refractivity contribution is 5.80. The molecule has 0 radical (unpaired) electrons. The van der Waals surface area contributed by atoms with Crippen molar-refractivity contribution in [1.29, 1.82) is 0 Å². The lowest BCUT2D eigenvalue weighted by molar-refractivity contribution is -0.139. The van der Waals surface area contributed by atoms with Gasteiger partial charge in [0.1, 0.15) is 17.5 Å². The van der Waals surface area contributed by atoms with E-state index >= 15 is 0 Å². The summed E-state index contributed by atoms with van der Waals surface area (Å²) >= 11 is 0. The Bertz CT molecular complexity index is 932. The van der Waals surface area contributed by atoms with Crippen LogP contribution in [0.15, 0.2) is 12.1 Å². The fourth-order valence-electron chi connectivity index (χ4n) is 4.71. The van der Waals surface area contributed by atoms with Crippen LogP contribution < -0.4 is 10.6 Å². The van der Waals surface area contributed by atoms with Gasteiger partial charge in [-0.15, -0.1) is 0 Å². The number of carbonyl (C=O) groups excluding carboxylic acids is 2. The number of carbonyl (C=O) groups is 3. The number of ether oxygens (including phenoxy) is 1. The number of alkyl carbamates (subject to hydrolysis) is 1. The fourth-order valence-corrected chi connectivity index (χ4v) is 4.71. The fraction of sp³-hybridized carbons (Fsp3) is 0.704. The van der Waals surface area contributed by atoms with Crippen LogP contribution in [0.2, 0.25) is 0 Å². The topological polar surface area (TPSA) is 124 Å². The molecule has 37 heavy (non-hydrogen) atoms. The summed E-state index contributed by atoms with van der Waals surface area (Å²) < 4.78 is 5.23. The van der Waals surface area contributed by atoms with Gasteiger partial charge in [0.25, 0.3) is 0 Å². The average molecular weight is 518 g/mol. The second-order valence-corrected chi connectivity index (χ2v) is 10.9. The number of fused-ring (bicyclic) bond motifs is 1. The van der Waals surface area contributed by atoms with Gasteiger partial charge < -0.3 is 30.3 Å². The van der Waals surface area contributed by atoms with E-state index in [0.717, 1.165) is 69.7 Å². The van der Waals surface area contributed by atoms with Crippen LogP contribution in [0, 0.1) is 0 Å². The van der Waals surface area contributed by atoms with Crippen LogP contribution in [0.25, 0.3) is 0 Å². The summed E-state index contributed by atoms with van der Waals surface area (Å²) in [5.74, 6) is 0.104. The number of amides is 2. The molecule has 0 saturated carbocycles. The van der Waals surface area contributed by atoms with Gasteiger partial charge in [-0.05, 0) is 83.9 Å². The Morgan fingerprint density at radius 3 is 2.70 bits per heavy atom. The van der Waals surface area contributed by atoms with Gasteiger partial charge >= 0.3 is 12.1 Å². The monoisotopic (exact) mass is 517 g/mol. The highest BCUT2D eigenvalue weighted by Gasteiger charge is 2.25. The second kappa shape index (κ2) is 13.6. The lowest BCUT2D eigenvalue weighted by atomic mass is 10.1. The molecule has 0 spiro atoms. The van der Waals surface area contributed by atoms with E-state index in [2.05, 4.69) is 27.7 Å². The summed E-state index contributed by atoms with van der Waals surface area (Å²) in [4.78, 5) is 44.8. The molecule has 1 unspecified atom stereocenters. The van der Waals surface area contributed by atoms with Gasteiger partial charge in [0, 0.05) is 44.8 Å². The van der Waals surface area contributed by atoms with Gasteiger partial charge in [0.2, 0.25) is 5.91 Å². The summed E-state index contributed by atoms with van der Waals surface area (Å²) in [7, 11) is 0. The molecule has 1 aromatic rings. The molecule has 206 valence electrons. The van der Waals surface area contributed by atoms with Crippen LogP contribution in [-0.2, 0) is 27.2 Å². The molecular formula is C27H43N5O5. The molecule has 2 amide bonds. The van der Waals surface area contributed by atoms with Crippen molar-refractivity contribution in [1.82, 2.24) is 20.1 Å². The zero-order valence-electron chi connectivity index (χ0n) is 22.6. The van der Waals surface area contributed by atoms with Crippen molar-refractivity contribution in [2.75, 3.05) is 44.6 Å². The minimum absolute atomic E-state index is 0.182. The van der Waals surface area contributed by atoms with Gasteiger partial charge in [-0.3, -0.25) is 4.79 Å². The van der Waals surface area contributed by atoms with Crippen molar-refractivity contribution in [3.63, 3.8) is 0 Å². The molecule has 0 aliphatic carbocycles. The Labute approximate surface area is 220 Å². The van der Waals surface area contributed by atoms with Crippen LogP contribution >= 0.6 is 0 Å². The quantitative estimate of drug-likeness (QED) is 0.341. The van der Waals surface area contributed by atoms with E-state index in [1.165, 1.54) is 5.56 Å². The Balaban J connectivity index is 1.51. The number of aryl methyl sites for hydroxylation is 2. The molecule has 2 aliphatic heterocycles. The Morgan fingerprint density at radius 1 is 1.19 bits per heavy atom. The van der Waals surface area contributed by atoms with Crippen LogP contribution in [-0.4, -0.2) is 88.8 Å². The molecule has 2 aliphatic rings. The molecule has 1 saturated heterocycles. The van der Waals surface area contributed by atoms with Crippen LogP contribution in [0.4, 0.5) is 10.6 Å². The van der Waals surface area contributed by atoms with E-state index in [1.807, 2.05) is 4.90 Å². The van der Waals surface area contributed by atoms with Crippen LogP contribution in [0.3, 0.4) is 0 Å². The third kappa shape index (κ3) is 9.83. The van der Waals surface area contributed by atoms with Crippen molar-refractivity contribution in [2.45, 2.75) is 83.8 Å². The predicted octanol–water partition coefficient (Wildman–Crippen LogP) is 3.05. The number of hydrogen-bond donors (Lipinski definition) is 3. The van der Waals surface area contributed by atoms with Crippen LogP contribution in [0.5, 0.6) is 0 Å². The first-order valence-corrected chi connectivity index (χ1v) is 13.6. The first kappa shape index (κ1) is 28.7. The summed E-state index contributed by atoms with van der Waals surface area (Å²) in [6, 6.07) is 3.24. The minimum Gasteiger partial charge on any atom is -0.480 e. The number of carboxylic acid groups (broad SMARTS) is 1. The van der Waals surface area contributed by atoms with Gasteiger partial charge in [-0.2, -0.15) is 0 Å². The molecule has 10 heteroatoms. The van der Waals surface area contributed by atoms with Crippen molar-refractivity contribution in [2.24, 2.45) is 0 Å². The molecule has 1 aromatic heterocycles. The number of pyridine rings is 1. The maximum atomic E-state index is 12.1. The van der Waals surface area contributed by atoms with Gasteiger partial charge in [-0.1, -0.05) is 6.07 Å². The maximum absolute atomic E-state index is 12.1. The lowest BCUT2D eigenvalue weighted by Gasteiger charge is -2.27. The number of hydrogen-bond acceptors (Lipinski definition) is 7. The number of nitrogens with zero attached hydrogens (tertiary/aromatic N) is 3. The molecular weight excluding hydrogens is 474 g/mol. The van der Waals surface area contributed by atoms with Crippen molar-refractivity contribution in [3.8, 4) is 0 Å². The number of unbranched alkanes of at least 4 members (excludes halogenated alkanes) is 1. The number of nitrogens with one attached hydrogen (secondary N) is 2. The molecule has 1 fully saturated rings. The number of aromatic nitrogens is 1. The van der Waals surface area contributed by atoms with E-state index in [1.54, 1.807) is 20.8 Å². The Hall–Kier alpha value is -2.88. The summed E-state index contributed by atoms with van der Waals surface area (Å²) in [6.07, 6.45) is 5.99. The number of aliphatic carboxylic acids is 1. The number of likely N-dealkylation sites (tertiary alicyclic amines) is 1. The van der Waals surface area contributed by atoms with E-state index in [4.69, 9.17) is 9.72 Å². The molecule has 3 heterocycles. The molecule has 0 aromatic carbocycles. The van der Waals surface area contributed by atoms with E-state index in [-0.39, 0.29) is 12.3 Å². The normalized spacial score (nSPS) is 16.3. The van der Waals surface area contributed by atoms with Gasteiger partial charge in [0.15, 0.2) is 0 Å². The molecule has 1 atom stereocenters. The molecule has 0 bridgehead atoms. The summed E-state index contributed by atoms with van der Waals surface area (Å²) in [5, 5.41) is 15.5. The minimum atomic E-state index is -1.09. The van der Waals surface area contributed by atoms with Gasteiger partial charge in [-0.25, -0.2) is 14.6 Å². The first-order chi connectivity index (χ1) is 17.6. The zero-order valence-corrected chi connectivity index (χ0v) is 22.6. The number of carboxylic acids is 1. The molecule has 3 rings (SSSR count). The zero-order chi connectivity index (χ0) is 26.8. The Morgan fingerprint density at radius 2 is 2.00 bits per heavy atom. The number of anilines is 1. The second-order valence-electron chi connectivity index (χ2n) is 10.9. The lowest BCUT2D eigenvalue weighted by Crippen LogP contribution is -2.46. The predicted molar refractivity (Wildman–Crippen MR) is 142 cm³/mol. The van der Waals surface area contributed by atoms with Crippen molar-refractivity contribution in [3.05, 3.63) is 23.4 Å². The third-order valence-corrected chi connectivity index (χ3v) is 6.69. The average Bonchev–Trinajstić information content (AvgIpc) is 3.25. The largest absolute Gasteiger partial charge is 0.480 e. The highest BCUT2D eigenvalue weighted by atomic mass is 16.6. The van der Waals surface area contributed by atoms with E-state index in [0.29, 0.717) is 26.1 Å². The number of rotatable bonds is 13. The van der Waals surface area contributed by atoms with Crippen molar-refractivity contribution < 1.29 is 24.2 Å². The molecule has 10 nitrogen and oxygen atoms in total. The van der Waals surface area contributed by atoms with E-state index < -0.39 is 23.7 Å². The standard InChI is InChI=1S/C27H43N5O5/c1-27(2,3)37-26(36)30-22(25(34)35)13-17-31(18-19-32-16-7-10-23(32)33)15-5-4-9-21-12-11-20-8-6-14-28-24(20)29-21/h11-12,22H,4-10,13-19H2,1-3H3,(H,28,29)(H,30,36)(H,34,35).